The zero-order chi connectivity index (χ0) is 31.3. The topological polar surface area (TPSA) is 224 Å². The minimum Gasteiger partial charge on any atom is -0.458 e. The zero-order valence-corrected chi connectivity index (χ0v) is 24.1. The Hall–Kier alpha value is -2.43. The highest BCUT2D eigenvalue weighted by Gasteiger charge is 2.39. The molecule has 0 aromatic rings. The number of esters is 1. The second-order valence-electron chi connectivity index (χ2n) is 10.2. The average molecular weight is 591 g/mol. The fraction of sp³-hybridized carbons (Fsp3) is 0.741. The van der Waals surface area contributed by atoms with Gasteiger partial charge < -0.3 is 55.5 Å². The molecule has 2 amide bonds. The summed E-state index contributed by atoms with van der Waals surface area (Å²) < 4.78 is 15.4. The summed E-state index contributed by atoms with van der Waals surface area (Å²) in [5.41, 5.74) is 0. The Bertz CT molecular complexity index is 882. The summed E-state index contributed by atoms with van der Waals surface area (Å²) in [5.74, 6) is -2.48. The Morgan fingerprint density at radius 2 is 1.46 bits per heavy atom. The standard InChI is InChI=1S/C27H46N2O12/c1-6-7-8-17(30)19(32)21(34)23(39-4)26(37)29-16-11-10-15(13-28-25(16)36)41-27(38)24(40-5)22(35)20(33)18(31)12-9-14(2)3/h7-9,12,14-24,30-35H,6,10-11,13H2,1-5H3,(H,28,36)(H,29,37)/b8-7+,12-9+/t15-,16-,17+,18+,19-,20-,21+,22+,23+,24+/m0/s1. The number of aliphatic hydroxyl groups is 6. The lowest BCUT2D eigenvalue weighted by Gasteiger charge is -2.28. The highest BCUT2D eigenvalue weighted by atomic mass is 16.6. The molecule has 14 heteroatoms. The first-order valence-electron chi connectivity index (χ1n) is 13.6. The van der Waals surface area contributed by atoms with E-state index in [9.17, 15) is 45.0 Å². The van der Waals surface area contributed by atoms with Crippen LogP contribution >= 0.6 is 0 Å². The van der Waals surface area contributed by atoms with Gasteiger partial charge in [-0.1, -0.05) is 45.1 Å². The molecule has 236 valence electrons. The SMILES string of the molecule is CC/C=C/[C@@H](O)[C@H](O)[C@@H](O)[C@@H](OC)C(=O)N[C@H]1CC[C@H](OC(=O)[C@H](OC)[C@H](O)[C@@H](O)[C@H](O)/C=C/C(C)C)CNC1=O. The summed E-state index contributed by atoms with van der Waals surface area (Å²) in [5, 5.41) is 66.3. The number of rotatable bonds is 16. The summed E-state index contributed by atoms with van der Waals surface area (Å²) in [6, 6.07) is -1.10. The molecule has 0 bridgehead atoms. The van der Waals surface area contributed by atoms with Gasteiger partial charge in [-0.05, 0) is 25.2 Å². The molecule has 1 rings (SSSR count). The van der Waals surface area contributed by atoms with E-state index in [0.29, 0.717) is 6.42 Å². The molecule has 0 aliphatic carbocycles. The molecule has 0 unspecified atom stereocenters. The van der Waals surface area contributed by atoms with Crippen molar-refractivity contribution in [2.24, 2.45) is 5.92 Å². The Morgan fingerprint density at radius 3 is 2.00 bits per heavy atom. The van der Waals surface area contributed by atoms with Crippen LogP contribution in [0.5, 0.6) is 0 Å². The van der Waals surface area contributed by atoms with E-state index in [2.05, 4.69) is 10.6 Å². The van der Waals surface area contributed by atoms with Crippen LogP contribution in [0.4, 0.5) is 0 Å². The van der Waals surface area contributed by atoms with Crippen molar-refractivity contribution in [1.29, 1.82) is 0 Å². The van der Waals surface area contributed by atoms with Gasteiger partial charge in [0, 0.05) is 14.2 Å². The molecule has 1 fully saturated rings. The molecule has 0 saturated carbocycles. The molecular weight excluding hydrogens is 544 g/mol. The van der Waals surface area contributed by atoms with Crippen LogP contribution in [0, 0.1) is 5.92 Å². The van der Waals surface area contributed by atoms with Crippen LogP contribution in [0.1, 0.15) is 40.0 Å². The van der Waals surface area contributed by atoms with Crippen LogP contribution in [0.15, 0.2) is 24.3 Å². The minimum absolute atomic E-state index is 0.00794. The third-order valence-electron chi connectivity index (χ3n) is 6.48. The number of allylic oxidation sites excluding steroid dienone is 2. The van der Waals surface area contributed by atoms with Crippen LogP contribution in [0.25, 0.3) is 0 Å². The molecule has 41 heavy (non-hydrogen) atoms. The number of amides is 2. The van der Waals surface area contributed by atoms with Crippen LogP contribution in [-0.2, 0) is 28.6 Å². The average Bonchev–Trinajstić information content (AvgIpc) is 3.10. The number of hydrogen-bond donors (Lipinski definition) is 8. The second kappa shape index (κ2) is 18.2. The van der Waals surface area contributed by atoms with Crippen molar-refractivity contribution in [1.82, 2.24) is 10.6 Å². The fourth-order valence-corrected chi connectivity index (χ4v) is 4.02. The third-order valence-corrected chi connectivity index (χ3v) is 6.48. The normalized spacial score (nSPS) is 24.1. The zero-order valence-electron chi connectivity index (χ0n) is 24.1. The van der Waals surface area contributed by atoms with E-state index in [4.69, 9.17) is 14.2 Å². The van der Waals surface area contributed by atoms with Gasteiger partial charge in [-0.2, -0.15) is 0 Å². The van der Waals surface area contributed by atoms with Gasteiger partial charge in [-0.25, -0.2) is 4.79 Å². The number of carbonyl (C=O) groups excluding carboxylic acids is 3. The van der Waals surface area contributed by atoms with Crippen molar-refractivity contribution in [3.05, 3.63) is 24.3 Å². The van der Waals surface area contributed by atoms with Gasteiger partial charge in [-0.15, -0.1) is 0 Å². The molecule has 1 aliphatic rings. The van der Waals surface area contributed by atoms with Crippen molar-refractivity contribution in [2.45, 2.75) is 101 Å². The lowest BCUT2D eigenvalue weighted by molar-refractivity contribution is -0.176. The molecule has 14 nitrogen and oxygen atoms in total. The monoisotopic (exact) mass is 590 g/mol. The van der Waals surface area contributed by atoms with E-state index in [1.807, 2.05) is 20.8 Å². The lowest BCUT2D eigenvalue weighted by Crippen LogP contribution is -2.55. The van der Waals surface area contributed by atoms with E-state index < -0.39 is 78.8 Å². The molecule has 1 saturated heterocycles. The first-order chi connectivity index (χ1) is 19.3. The van der Waals surface area contributed by atoms with Crippen LogP contribution < -0.4 is 10.6 Å². The van der Waals surface area contributed by atoms with Crippen molar-refractivity contribution in [2.75, 3.05) is 20.8 Å². The largest absolute Gasteiger partial charge is 0.458 e. The van der Waals surface area contributed by atoms with Crippen molar-refractivity contribution in [3.63, 3.8) is 0 Å². The Morgan fingerprint density at radius 1 is 0.902 bits per heavy atom. The van der Waals surface area contributed by atoms with Gasteiger partial charge in [0.15, 0.2) is 12.2 Å². The fourth-order valence-electron chi connectivity index (χ4n) is 4.02. The molecule has 10 atom stereocenters. The maximum Gasteiger partial charge on any atom is 0.338 e. The van der Waals surface area contributed by atoms with E-state index in [-0.39, 0.29) is 25.3 Å². The molecule has 0 radical (unpaired) electrons. The van der Waals surface area contributed by atoms with Crippen LogP contribution in [-0.4, -0.2) is 130 Å². The number of hydrogen-bond acceptors (Lipinski definition) is 12. The predicted octanol–water partition coefficient (Wildman–Crippen LogP) is -2.33. The maximum atomic E-state index is 12.8. The number of aliphatic hydroxyl groups excluding tert-OH is 6. The molecule has 0 spiro atoms. The van der Waals surface area contributed by atoms with E-state index >= 15 is 0 Å². The highest BCUT2D eigenvalue weighted by Crippen LogP contribution is 2.16. The van der Waals surface area contributed by atoms with Gasteiger partial charge in [0.1, 0.15) is 48.8 Å². The third kappa shape index (κ3) is 11.4. The molecule has 0 aromatic heterocycles. The molecule has 8 N–H and O–H groups in total. The molecule has 1 aliphatic heterocycles. The summed E-state index contributed by atoms with van der Waals surface area (Å²) in [7, 11) is 2.24. The second-order valence-corrected chi connectivity index (χ2v) is 10.2. The quantitative estimate of drug-likeness (QED) is 0.0700. The summed E-state index contributed by atoms with van der Waals surface area (Å²) in [6.45, 7) is 5.39. The first-order valence-corrected chi connectivity index (χ1v) is 13.6. The van der Waals surface area contributed by atoms with E-state index in [0.717, 1.165) is 14.2 Å². The van der Waals surface area contributed by atoms with E-state index in [1.54, 1.807) is 12.2 Å². The minimum atomic E-state index is -1.82. The van der Waals surface area contributed by atoms with Crippen LogP contribution in [0.2, 0.25) is 0 Å². The van der Waals surface area contributed by atoms with Gasteiger partial charge >= 0.3 is 5.97 Å². The van der Waals surface area contributed by atoms with Gasteiger partial charge in [0.2, 0.25) is 5.91 Å². The molecular formula is C27H46N2O12. The summed E-state index contributed by atoms with van der Waals surface area (Å²) in [4.78, 5) is 38.1. The highest BCUT2D eigenvalue weighted by molar-refractivity contribution is 5.90. The summed E-state index contributed by atoms with van der Waals surface area (Å²) in [6.07, 6.45) is -7.73. The predicted molar refractivity (Wildman–Crippen MR) is 145 cm³/mol. The number of carbonyl (C=O) groups is 3. The number of methoxy groups -OCH3 is 2. The van der Waals surface area contributed by atoms with E-state index in [1.165, 1.54) is 12.2 Å². The molecule has 0 aromatic carbocycles. The van der Waals surface area contributed by atoms with Crippen LogP contribution in [0.3, 0.4) is 0 Å². The number of nitrogens with one attached hydrogen (secondary N) is 2. The summed E-state index contributed by atoms with van der Waals surface area (Å²) >= 11 is 0. The van der Waals surface area contributed by atoms with Gasteiger partial charge in [0.05, 0.1) is 6.54 Å². The van der Waals surface area contributed by atoms with Crippen molar-refractivity contribution >= 4 is 17.8 Å². The number of ether oxygens (including phenoxy) is 3. The van der Waals surface area contributed by atoms with Crippen molar-refractivity contribution in [3.8, 4) is 0 Å². The smallest absolute Gasteiger partial charge is 0.338 e. The Labute approximate surface area is 240 Å². The van der Waals surface area contributed by atoms with Gasteiger partial charge in [0.25, 0.3) is 5.91 Å². The first kappa shape index (κ1) is 36.6. The maximum absolute atomic E-state index is 12.8. The molecule has 1 heterocycles. The van der Waals surface area contributed by atoms with Gasteiger partial charge in [-0.3, -0.25) is 9.59 Å². The Kier molecular flexibility index (Phi) is 16.2. The lowest BCUT2D eigenvalue weighted by atomic mass is 10.0. The van der Waals surface area contributed by atoms with Crippen molar-refractivity contribution < 1.29 is 59.2 Å². The Balaban J connectivity index is 2.80.